The molecular weight excluding hydrogens is 532 g/mol. The largest absolute Gasteiger partial charge is 0.444 e. The van der Waals surface area contributed by atoms with Gasteiger partial charge in [0.05, 0.1) is 0 Å². The molecule has 0 aromatic carbocycles. The van der Waals surface area contributed by atoms with Crippen molar-refractivity contribution in [1.82, 2.24) is 18.7 Å². The number of esters is 1. The third-order valence-corrected chi connectivity index (χ3v) is 6.54. The molecule has 0 atom stereocenters. The van der Waals surface area contributed by atoms with Crippen molar-refractivity contribution in [3.05, 3.63) is 87.9 Å². The number of rotatable bonds is 20. The zero-order valence-electron chi connectivity index (χ0n) is 25.4. The van der Waals surface area contributed by atoms with E-state index >= 15 is 0 Å². The smallest absolute Gasteiger partial charge is 0.332 e. The van der Waals surface area contributed by atoms with Crippen molar-refractivity contribution >= 4 is 22.9 Å². The zero-order chi connectivity index (χ0) is 30.6. The van der Waals surface area contributed by atoms with Gasteiger partial charge in [0, 0.05) is 26.4 Å². The number of nitrogens with zero attached hydrogens (tertiary/aromatic N) is 4. The van der Waals surface area contributed by atoms with Crippen LogP contribution in [0.3, 0.4) is 0 Å². The van der Waals surface area contributed by atoms with Crippen LogP contribution in [-0.2, 0) is 34.6 Å². The van der Waals surface area contributed by atoms with E-state index in [1.807, 2.05) is 0 Å². The molecule has 0 amide bonds. The minimum absolute atomic E-state index is 0.0726. The Morgan fingerprint density at radius 1 is 0.833 bits per heavy atom. The molecule has 9 heteroatoms. The molecule has 2 heterocycles. The van der Waals surface area contributed by atoms with Crippen molar-refractivity contribution in [3.8, 4) is 0 Å². The predicted molar refractivity (Wildman–Crippen MR) is 168 cm³/mol. The van der Waals surface area contributed by atoms with E-state index in [0.717, 1.165) is 43.1 Å². The summed E-state index contributed by atoms with van der Waals surface area (Å²) < 4.78 is 9.28. The number of carbonyl (C=O) groups excluding carboxylic acids is 2. The molecule has 0 saturated carbocycles. The SMILES string of the molecule is CCC=CCC=CCC=CCC=CCC=CCCCC(=O)OCn1cnc2c1c(=O)n(CCCCC(C)=O)c(=O)n2C. The zero-order valence-corrected chi connectivity index (χ0v) is 25.4. The van der Waals surface area contributed by atoms with Gasteiger partial charge in [0.2, 0.25) is 0 Å². The van der Waals surface area contributed by atoms with Crippen LogP contribution in [0.15, 0.2) is 76.7 Å². The van der Waals surface area contributed by atoms with Gasteiger partial charge in [0.1, 0.15) is 12.1 Å². The van der Waals surface area contributed by atoms with Crippen LogP contribution in [0.5, 0.6) is 0 Å². The van der Waals surface area contributed by atoms with Crippen LogP contribution in [0.1, 0.15) is 84.5 Å². The molecule has 9 nitrogen and oxygen atoms in total. The summed E-state index contributed by atoms with van der Waals surface area (Å²) in [6, 6.07) is 0. The molecule has 0 bridgehead atoms. The van der Waals surface area contributed by atoms with E-state index < -0.39 is 11.2 Å². The van der Waals surface area contributed by atoms with Gasteiger partial charge in [-0.1, -0.05) is 67.7 Å². The summed E-state index contributed by atoms with van der Waals surface area (Å²) in [5.74, 6) is -0.290. The normalized spacial score (nSPS) is 12.4. The first-order valence-electron chi connectivity index (χ1n) is 14.9. The van der Waals surface area contributed by atoms with E-state index in [-0.39, 0.29) is 42.6 Å². The Balaban J connectivity index is 1.71. The maximum atomic E-state index is 13.1. The van der Waals surface area contributed by atoms with E-state index in [1.165, 1.54) is 22.4 Å². The highest BCUT2D eigenvalue weighted by Gasteiger charge is 2.17. The number of aryl methyl sites for hydroxylation is 1. The quantitative estimate of drug-likeness (QED) is 0.107. The number of hydrogen-bond acceptors (Lipinski definition) is 6. The maximum Gasteiger partial charge on any atom is 0.332 e. The van der Waals surface area contributed by atoms with Crippen LogP contribution in [0, 0.1) is 0 Å². The lowest BCUT2D eigenvalue weighted by molar-refractivity contribution is -0.147. The van der Waals surface area contributed by atoms with Gasteiger partial charge in [-0.3, -0.25) is 23.3 Å². The number of fused-ring (bicyclic) bond motifs is 1. The topological polar surface area (TPSA) is 105 Å². The third kappa shape index (κ3) is 12.2. The summed E-state index contributed by atoms with van der Waals surface area (Å²) in [7, 11) is 1.55. The fourth-order valence-electron chi connectivity index (χ4n) is 4.21. The Morgan fingerprint density at radius 2 is 1.43 bits per heavy atom. The fraction of sp³-hybridized carbons (Fsp3) is 0.485. The van der Waals surface area contributed by atoms with Crippen molar-refractivity contribution in [2.24, 2.45) is 7.05 Å². The second kappa shape index (κ2) is 20.0. The molecule has 0 radical (unpaired) electrons. The number of Topliss-reactive ketones (excluding diaryl/α,β-unsaturated/α-hetero) is 1. The molecule has 228 valence electrons. The van der Waals surface area contributed by atoms with Gasteiger partial charge >= 0.3 is 11.7 Å². The molecule has 0 aliphatic rings. The number of unbranched alkanes of at least 4 members (excludes halogenated alkanes) is 2. The van der Waals surface area contributed by atoms with Crippen molar-refractivity contribution in [2.45, 2.75) is 97.8 Å². The first-order valence-corrected chi connectivity index (χ1v) is 14.9. The van der Waals surface area contributed by atoms with E-state index in [9.17, 15) is 19.2 Å². The van der Waals surface area contributed by atoms with Crippen LogP contribution >= 0.6 is 0 Å². The lowest BCUT2D eigenvalue weighted by atomic mass is 10.2. The highest BCUT2D eigenvalue weighted by Crippen LogP contribution is 2.08. The molecular formula is C33H46N4O5. The molecule has 2 aromatic heterocycles. The standard InChI is InChI=1S/C33H46N4O5/c1-4-5-6-7-8-9-10-11-12-13-14-15-16-17-18-19-20-24-29(39)42-27-36-26-34-31-30(36)32(40)37(33(41)35(31)3)25-22-21-23-28(2)38/h5-6,8-9,11-12,14-15,17-18,26H,4,7,10,13,16,19-25,27H2,1-3H3. The molecule has 0 spiro atoms. The predicted octanol–water partition coefficient (Wildman–Crippen LogP) is 6.08. The molecule has 2 rings (SSSR count). The summed E-state index contributed by atoms with van der Waals surface area (Å²) in [6.07, 6.45) is 30.9. The van der Waals surface area contributed by atoms with Crippen LogP contribution in [-0.4, -0.2) is 30.4 Å². The molecule has 0 N–H and O–H groups in total. The van der Waals surface area contributed by atoms with E-state index in [0.29, 0.717) is 25.7 Å². The van der Waals surface area contributed by atoms with Gasteiger partial charge in [-0.05, 0) is 64.7 Å². The highest BCUT2D eigenvalue weighted by atomic mass is 16.5. The highest BCUT2D eigenvalue weighted by molar-refractivity contribution is 5.75. The van der Waals surface area contributed by atoms with Crippen molar-refractivity contribution in [3.63, 3.8) is 0 Å². The minimum atomic E-state index is -0.483. The Labute approximate surface area is 248 Å². The Morgan fingerprint density at radius 3 is 2.02 bits per heavy atom. The summed E-state index contributed by atoms with van der Waals surface area (Å²) in [5, 5.41) is 0. The van der Waals surface area contributed by atoms with Gasteiger partial charge < -0.3 is 9.53 Å². The van der Waals surface area contributed by atoms with Crippen molar-refractivity contribution in [2.75, 3.05) is 0 Å². The summed E-state index contributed by atoms with van der Waals surface area (Å²) in [6.45, 7) is 3.70. The van der Waals surface area contributed by atoms with Crippen molar-refractivity contribution in [1.29, 1.82) is 0 Å². The Hall–Kier alpha value is -4.01. The van der Waals surface area contributed by atoms with E-state index in [1.54, 1.807) is 7.05 Å². The summed E-state index contributed by atoms with van der Waals surface area (Å²) >= 11 is 0. The Kier molecular flexibility index (Phi) is 16.3. The number of allylic oxidation sites excluding steroid dienone is 10. The van der Waals surface area contributed by atoms with Crippen LogP contribution in [0.4, 0.5) is 0 Å². The third-order valence-electron chi connectivity index (χ3n) is 6.54. The van der Waals surface area contributed by atoms with E-state index in [2.05, 4.69) is 72.7 Å². The van der Waals surface area contributed by atoms with Gasteiger partial charge in [0.25, 0.3) is 5.56 Å². The van der Waals surface area contributed by atoms with Crippen LogP contribution in [0.25, 0.3) is 11.2 Å². The molecule has 0 saturated heterocycles. The van der Waals surface area contributed by atoms with Crippen LogP contribution in [0.2, 0.25) is 0 Å². The number of carbonyl (C=O) groups is 2. The summed E-state index contributed by atoms with van der Waals surface area (Å²) in [4.78, 5) is 53.3. The molecule has 2 aromatic rings. The Bertz CT molecular complexity index is 1400. The first-order chi connectivity index (χ1) is 20.4. The average molecular weight is 579 g/mol. The fourth-order valence-corrected chi connectivity index (χ4v) is 4.21. The number of ether oxygens (including phenoxy) is 1. The maximum absolute atomic E-state index is 13.1. The molecule has 42 heavy (non-hydrogen) atoms. The lowest BCUT2D eigenvalue weighted by Crippen LogP contribution is -2.39. The number of imidazole rings is 1. The average Bonchev–Trinajstić information content (AvgIpc) is 3.40. The first kappa shape index (κ1) is 34.2. The van der Waals surface area contributed by atoms with Gasteiger partial charge in [-0.25, -0.2) is 9.78 Å². The van der Waals surface area contributed by atoms with Crippen molar-refractivity contribution < 1.29 is 14.3 Å². The molecule has 0 aliphatic heterocycles. The molecule has 0 fully saturated rings. The monoisotopic (exact) mass is 578 g/mol. The van der Waals surface area contributed by atoms with Gasteiger partial charge in [-0.2, -0.15) is 0 Å². The number of hydrogen-bond donors (Lipinski definition) is 0. The molecule has 0 aliphatic carbocycles. The van der Waals surface area contributed by atoms with Gasteiger partial charge in [-0.15, -0.1) is 0 Å². The van der Waals surface area contributed by atoms with E-state index in [4.69, 9.17) is 4.74 Å². The lowest BCUT2D eigenvalue weighted by Gasteiger charge is -2.10. The minimum Gasteiger partial charge on any atom is -0.444 e. The summed E-state index contributed by atoms with van der Waals surface area (Å²) in [5.41, 5.74) is -0.509. The number of aromatic nitrogens is 4. The molecule has 0 unspecified atom stereocenters. The van der Waals surface area contributed by atoms with Gasteiger partial charge in [0.15, 0.2) is 17.9 Å². The van der Waals surface area contributed by atoms with Crippen LogP contribution < -0.4 is 11.2 Å². The second-order valence-corrected chi connectivity index (χ2v) is 10.1. The second-order valence-electron chi connectivity index (χ2n) is 10.1. The number of ketones is 1.